The lowest BCUT2D eigenvalue weighted by atomic mass is 10.0. The van der Waals surface area contributed by atoms with Gasteiger partial charge in [0.05, 0.1) is 0 Å². The topological polar surface area (TPSA) is 87.7 Å². The molecule has 0 bridgehead atoms. The summed E-state index contributed by atoms with van der Waals surface area (Å²) in [6.07, 6.45) is 2.41. The van der Waals surface area contributed by atoms with Crippen LogP contribution < -0.4 is 10.6 Å². The van der Waals surface area contributed by atoms with Crippen molar-refractivity contribution < 1.29 is 19.1 Å². The third kappa shape index (κ3) is 10.1. The van der Waals surface area contributed by atoms with E-state index in [1.807, 2.05) is 58.2 Å². The van der Waals surface area contributed by atoms with Crippen molar-refractivity contribution in [2.45, 2.75) is 85.0 Å². The Morgan fingerprint density at radius 3 is 2.18 bits per heavy atom. The number of aryl methyl sites for hydroxylation is 1. The molecule has 2 unspecified atom stereocenters. The number of nitrogens with one attached hydrogen (secondary N) is 2. The second-order valence-corrected chi connectivity index (χ2v) is 10.5. The Labute approximate surface area is 203 Å². The molecule has 0 aliphatic heterocycles. The van der Waals surface area contributed by atoms with Crippen molar-refractivity contribution in [3.8, 4) is 0 Å². The Morgan fingerprint density at radius 2 is 1.70 bits per heavy atom. The van der Waals surface area contributed by atoms with Gasteiger partial charge in [0.25, 0.3) is 0 Å². The first-order valence-electron chi connectivity index (χ1n) is 11.6. The Morgan fingerprint density at radius 1 is 1.09 bits per heavy atom. The summed E-state index contributed by atoms with van der Waals surface area (Å²) in [5.74, 6) is 0.150. The van der Waals surface area contributed by atoms with Crippen molar-refractivity contribution in [1.29, 1.82) is 0 Å². The largest absolute Gasteiger partial charge is 0.444 e. The lowest BCUT2D eigenvalue weighted by Gasteiger charge is -2.34. The first-order valence-corrected chi connectivity index (χ1v) is 12.9. The molecule has 0 radical (unpaired) electrons. The minimum atomic E-state index is -0.794. The van der Waals surface area contributed by atoms with Gasteiger partial charge in [0.15, 0.2) is 0 Å². The third-order valence-corrected chi connectivity index (χ3v) is 5.38. The number of nitrogens with zero attached hydrogens (tertiary/aromatic N) is 1. The van der Waals surface area contributed by atoms with Crippen LogP contribution >= 0.6 is 11.8 Å². The number of alkyl carbamates (subject to hydrolysis) is 1. The maximum absolute atomic E-state index is 13.8. The van der Waals surface area contributed by atoms with Gasteiger partial charge >= 0.3 is 6.09 Å². The standard InChI is InChI=1S/C25H41N3O4S/c1-9-15-28(21(22(29)26-17(2)3)19-12-10-18(4)11-13-19)23(30)20(14-16-33-8)27-24(31)32-25(5,6)7/h10-13,17,20-21H,9,14-16H2,1-8H3,(H,26,29)(H,27,31). The molecule has 1 rings (SSSR count). The van der Waals surface area contributed by atoms with Crippen molar-refractivity contribution in [2.75, 3.05) is 18.6 Å². The van der Waals surface area contributed by atoms with E-state index < -0.39 is 23.8 Å². The number of hydrogen-bond acceptors (Lipinski definition) is 5. The Balaban J connectivity index is 3.35. The van der Waals surface area contributed by atoms with E-state index in [0.29, 0.717) is 25.1 Å². The molecular weight excluding hydrogens is 438 g/mol. The molecule has 0 fully saturated rings. The lowest BCUT2D eigenvalue weighted by Crippen LogP contribution is -2.53. The van der Waals surface area contributed by atoms with E-state index in [-0.39, 0.29) is 17.9 Å². The summed E-state index contributed by atoms with van der Waals surface area (Å²) in [5, 5.41) is 5.70. The highest BCUT2D eigenvalue weighted by Crippen LogP contribution is 2.24. The molecule has 186 valence electrons. The summed E-state index contributed by atoms with van der Waals surface area (Å²) in [6.45, 7) is 13.4. The van der Waals surface area contributed by atoms with Gasteiger partial charge in [0, 0.05) is 12.6 Å². The van der Waals surface area contributed by atoms with Crippen LogP contribution in [0.3, 0.4) is 0 Å². The van der Waals surface area contributed by atoms with Crippen molar-refractivity contribution in [2.24, 2.45) is 0 Å². The average molecular weight is 480 g/mol. The van der Waals surface area contributed by atoms with E-state index in [9.17, 15) is 14.4 Å². The molecule has 0 aliphatic rings. The predicted octanol–water partition coefficient (Wildman–Crippen LogP) is 4.45. The summed E-state index contributed by atoms with van der Waals surface area (Å²) in [7, 11) is 0. The third-order valence-electron chi connectivity index (χ3n) is 4.73. The van der Waals surface area contributed by atoms with Crippen LogP contribution in [0.25, 0.3) is 0 Å². The average Bonchev–Trinajstić information content (AvgIpc) is 2.69. The molecule has 8 heteroatoms. The first-order chi connectivity index (χ1) is 15.4. The minimum absolute atomic E-state index is 0.0730. The SMILES string of the molecule is CCCN(C(=O)C(CCSC)NC(=O)OC(C)(C)C)C(C(=O)NC(C)C)c1ccc(C)cc1. The predicted molar refractivity (Wildman–Crippen MR) is 135 cm³/mol. The fraction of sp³-hybridized carbons (Fsp3) is 0.640. The smallest absolute Gasteiger partial charge is 0.408 e. The molecule has 0 saturated carbocycles. The fourth-order valence-electron chi connectivity index (χ4n) is 3.34. The zero-order chi connectivity index (χ0) is 25.2. The van der Waals surface area contributed by atoms with E-state index in [0.717, 1.165) is 11.1 Å². The Bertz CT molecular complexity index is 775. The van der Waals surface area contributed by atoms with E-state index in [4.69, 9.17) is 4.74 Å². The van der Waals surface area contributed by atoms with Crippen LogP contribution in [0.15, 0.2) is 24.3 Å². The van der Waals surface area contributed by atoms with Crippen LogP contribution in [0.4, 0.5) is 4.79 Å². The molecule has 2 atom stereocenters. The number of amides is 3. The molecule has 2 N–H and O–H groups in total. The van der Waals surface area contributed by atoms with E-state index in [1.165, 1.54) is 0 Å². The highest BCUT2D eigenvalue weighted by molar-refractivity contribution is 7.98. The van der Waals surface area contributed by atoms with Crippen LogP contribution in [-0.4, -0.2) is 59.0 Å². The molecule has 0 saturated heterocycles. The van der Waals surface area contributed by atoms with E-state index in [2.05, 4.69) is 10.6 Å². The van der Waals surface area contributed by atoms with Gasteiger partial charge in [-0.1, -0.05) is 36.8 Å². The van der Waals surface area contributed by atoms with Crippen LogP contribution in [0.1, 0.15) is 71.6 Å². The van der Waals surface area contributed by atoms with Crippen molar-refractivity contribution in [1.82, 2.24) is 15.5 Å². The van der Waals surface area contributed by atoms with E-state index in [1.54, 1.807) is 37.4 Å². The number of hydrogen-bond donors (Lipinski definition) is 2. The van der Waals surface area contributed by atoms with Gasteiger partial charge < -0.3 is 20.3 Å². The summed E-state index contributed by atoms with van der Waals surface area (Å²) >= 11 is 1.59. The van der Waals surface area contributed by atoms with Crippen molar-refractivity contribution in [3.63, 3.8) is 0 Å². The Hall–Kier alpha value is -2.22. The monoisotopic (exact) mass is 479 g/mol. The first kappa shape index (κ1) is 28.8. The zero-order valence-electron chi connectivity index (χ0n) is 21.4. The normalized spacial score (nSPS) is 13.2. The summed E-state index contributed by atoms with van der Waals surface area (Å²) < 4.78 is 5.39. The lowest BCUT2D eigenvalue weighted by molar-refractivity contribution is -0.142. The molecule has 0 aromatic heterocycles. The molecular formula is C25H41N3O4S. The zero-order valence-corrected chi connectivity index (χ0v) is 22.2. The minimum Gasteiger partial charge on any atom is -0.444 e. The summed E-state index contributed by atoms with van der Waals surface area (Å²) in [4.78, 5) is 41.1. The maximum Gasteiger partial charge on any atom is 0.408 e. The van der Waals surface area contributed by atoms with Gasteiger partial charge in [0.2, 0.25) is 11.8 Å². The van der Waals surface area contributed by atoms with Gasteiger partial charge in [-0.15, -0.1) is 0 Å². The van der Waals surface area contributed by atoms with Crippen molar-refractivity contribution in [3.05, 3.63) is 35.4 Å². The molecule has 1 aromatic carbocycles. The fourth-order valence-corrected chi connectivity index (χ4v) is 3.81. The van der Waals surface area contributed by atoms with Gasteiger partial charge in [-0.05, 0) is 72.0 Å². The summed E-state index contributed by atoms with van der Waals surface area (Å²) in [5.41, 5.74) is 1.13. The van der Waals surface area contributed by atoms with Gasteiger partial charge in [-0.25, -0.2) is 4.79 Å². The van der Waals surface area contributed by atoms with Crippen LogP contribution in [-0.2, 0) is 14.3 Å². The molecule has 33 heavy (non-hydrogen) atoms. The molecule has 7 nitrogen and oxygen atoms in total. The molecule has 3 amide bonds. The van der Waals surface area contributed by atoms with E-state index >= 15 is 0 Å². The number of rotatable bonds is 11. The van der Waals surface area contributed by atoms with Crippen LogP contribution in [0, 0.1) is 6.92 Å². The van der Waals surface area contributed by atoms with Gasteiger partial charge in [0.1, 0.15) is 17.7 Å². The Kier molecular flexibility index (Phi) is 11.8. The summed E-state index contributed by atoms with van der Waals surface area (Å²) in [6, 6.07) is 5.97. The quantitative estimate of drug-likeness (QED) is 0.490. The van der Waals surface area contributed by atoms with Gasteiger partial charge in [-0.2, -0.15) is 11.8 Å². The number of ether oxygens (including phenoxy) is 1. The number of carbonyl (C=O) groups is 3. The molecule has 1 aromatic rings. The molecule has 0 spiro atoms. The van der Waals surface area contributed by atoms with Crippen LogP contribution in [0.2, 0.25) is 0 Å². The van der Waals surface area contributed by atoms with Crippen LogP contribution in [0.5, 0.6) is 0 Å². The number of thioether (sulfide) groups is 1. The number of carbonyl (C=O) groups excluding carboxylic acids is 3. The molecule has 0 heterocycles. The molecule has 0 aliphatic carbocycles. The maximum atomic E-state index is 13.8. The van der Waals surface area contributed by atoms with Gasteiger partial charge in [-0.3, -0.25) is 9.59 Å². The highest BCUT2D eigenvalue weighted by atomic mass is 32.2. The second-order valence-electron chi connectivity index (χ2n) is 9.49. The number of benzene rings is 1. The van der Waals surface area contributed by atoms with Crippen molar-refractivity contribution >= 4 is 29.7 Å². The highest BCUT2D eigenvalue weighted by Gasteiger charge is 2.35. The second kappa shape index (κ2) is 13.5.